The summed E-state index contributed by atoms with van der Waals surface area (Å²) in [7, 11) is 2.02. The van der Waals surface area contributed by atoms with E-state index in [1.54, 1.807) is 0 Å². The molecular weight excluding hydrogens is 308 g/mol. The van der Waals surface area contributed by atoms with Gasteiger partial charge in [-0.25, -0.2) is 4.99 Å². The summed E-state index contributed by atoms with van der Waals surface area (Å²) in [4.78, 5) is 4.68. The summed E-state index contributed by atoms with van der Waals surface area (Å²) in [6.07, 6.45) is 5.26. The van der Waals surface area contributed by atoms with E-state index in [1.807, 2.05) is 29.9 Å². The van der Waals surface area contributed by atoms with Gasteiger partial charge in [0, 0.05) is 43.0 Å². The zero-order valence-electron chi connectivity index (χ0n) is 13.6. The van der Waals surface area contributed by atoms with Crippen molar-refractivity contribution >= 4 is 17.6 Å². The van der Waals surface area contributed by atoms with Crippen LogP contribution in [-0.2, 0) is 13.6 Å². The molecule has 4 nitrogen and oxygen atoms in total. The number of guanidine groups is 1. The number of hydrogen-bond donors (Lipinski definition) is 2. The molecule has 1 fully saturated rings. The summed E-state index contributed by atoms with van der Waals surface area (Å²) in [6.45, 7) is 3.63. The molecule has 0 aliphatic heterocycles. The Morgan fingerprint density at radius 3 is 2.96 bits per heavy atom. The van der Waals surface area contributed by atoms with Crippen molar-refractivity contribution in [3.8, 4) is 0 Å². The molecule has 0 bridgehead atoms. The monoisotopic (exact) mass is 330 g/mol. The van der Waals surface area contributed by atoms with Crippen LogP contribution in [0.15, 0.2) is 47.7 Å². The van der Waals surface area contributed by atoms with Crippen LogP contribution in [0.3, 0.4) is 0 Å². The van der Waals surface area contributed by atoms with E-state index in [9.17, 15) is 0 Å². The van der Waals surface area contributed by atoms with Gasteiger partial charge in [0.2, 0.25) is 0 Å². The van der Waals surface area contributed by atoms with Crippen LogP contribution in [0.4, 0.5) is 0 Å². The molecule has 0 spiro atoms. The van der Waals surface area contributed by atoms with Crippen molar-refractivity contribution in [2.24, 2.45) is 12.0 Å². The van der Waals surface area contributed by atoms with Crippen molar-refractivity contribution in [2.45, 2.75) is 31.8 Å². The van der Waals surface area contributed by atoms with Crippen LogP contribution in [0.2, 0.25) is 5.02 Å². The highest BCUT2D eigenvalue weighted by molar-refractivity contribution is 6.30. The first kappa shape index (κ1) is 15.9. The van der Waals surface area contributed by atoms with Crippen molar-refractivity contribution in [1.29, 1.82) is 0 Å². The normalized spacial score (nSPS) is 20.4. The van der Waals surface area contributed by atoms with Gasteiger partial charge in [-0.3, -0.25) is 0 Å². The lowest BCUT2D eigenvalue weighted by atomic mass is 10.1. The lowest BCUT2D eigenvalue weighted by Crippen LogP contribution is -2.39. The van der Waals surface area contributed by atoms with Crippen molar-refractivity contribution in [2.75, 3.05) is 6.54 Å². The van der Waals surface area contributed by atoms with Crippen LogP contribution in [0, 0.1) is 0 Å². The van der Waals surface area contributed by atoms with E-state index in [2.05, 4.69) is 46.9 Å². The Morgan fingerprint density at radius 2 is 2.26 bits per heavy atom. The second-order valence-electron chi connectivity index (χ2n) is 6.03. The summed E-state index contributed by atoms with van der Waals surface area (Å²) in [5, 5.41) is 7.65. The molecule has 5 heteroatoms. The van der Waals surface area contributed by atoms with Crippen LogP contribution >= 0.6 is 11.6 Å². The molecule has 1 aromatic carbocycles. The molecule has 23 heavy (non-hydrogen) atoms. The summed E-state index contributed by atoms with van der Waals surface area (Å²) in [5.74, 6) is 1.40. The molecule has 1 aliphatic rings. The SMILES string of the molecule is CCNC(=NCc1ccn(C)c1)NC1CC1c1cccc(Cl)c1. The Hall–Kier alpha value is -1.94. The highest BCUT2D eigenvalue weighted by atomic mass is 35.5. The molecule has 0 radical (unpaired) electrons. The number of hydrogen-bond acceptors (Lipinski definition) is 1. The largest absolute Gasteiger partial charge is 0.357 e. The van der Waals surface area contributed by atoms with E-state index in [0.717, 1.165) is 23.9 Å². The lowest BCUT2D eigenvalue weighted by Gasteiger charge is -2.11. The third-order valence-electron chi connectivity index (χ3n) is 4.05. The summed E-state index contributed by atoms with van der Waals surface area (Å²) in [5.41, 5.74) is 2.51. The second kappa shape index (κ2) is 7.09. The Bertz CT molecular complexity index is 692. The molecule has 0 amide bonds. The molecule has 3 rings (SSSR count). The Labute approximate surface area is 142 Å². The van der Waals surface area contributed by atoms with E-state index in [1.165, 1.54) is 11.1 Å². The Kier molecular flexibility index (Phi) is 4.91. The van der Waals surface area contributed by atoms with Crippen LogP contribution in [-0.4, -0.2) is 23.1 Å². The van der Waals surface area contributed by atoms with E-state index in [0.29, 0.717) is 18.5 Å². The van der Waals surface area contributed by atoms with E-state index in [-0.39, 0.29) is 0 Å². The number of rotatable bonds is 5. The first-order chi connectivity index (χ1) is 11.2. The molecule has 1 aliphatic carbocycles. The van der Waals surface area contributed by atoms with Gasteiger partial charge in [-0.2, -0.15) is 0 Å². The summed E-state index contributed by atoms with van der Waals surface area (Å²) < 4.78 is 2.04. The first-order valence-electron chi connectivity index (χ1n) is 8.07. The fourth-order valence-corrected chi connectivity index (χ4v) is 2.98. The van der Waals surface area contributed by atoms with Crippen molar-refractivity contribution < 1.29 is 0 Å². The predicted octanol–water partition coefficient (Wildman–Crippen LogP) is 3.29. The van der Waals surface area contributed by atoms with Gasteiger partial charge in [-0.1, -0.05) is 23.7 Å². The van der Waals surface area contributed by atoms with Crippen LogP contribution in [0.1, 0.15) is 30.4 Å². The minimum absolute atomic E-state index is 0.432. The minimum Gasteiger partial charge on any atom is -0.357 e. The first-order valence-corrected chi connectivity index (χ1v) is 8.44. The zero-order valence-corrected chi connectivity index (χ0v) is 14.3. The van der Waals surface area contributed by atoms with Gasteiger partial charge in [0.05, 0.1) is 6.54 Å². The number of aryl methyl sites for hydroxylation is 1. The van der Waals surface area contributed by atoms with Gasteiger partial charge < -0.3 is 15.2 Å². The Morgan fingerprint density at radius 1 is 1.39 bits per heavy atom. The number of halogens is 1. The van der Waals surface area contributed by atoms with Gasteiger partial charge in [-0.05, 0) is 42.7 Å². The molecule has 1 saturated carbocycles. The number of aliphatic imine (C=N–C) groups is 1. The van der Waals surface area contributed by atoms with Crippen molar-refractivity contribution in [1.82, 2.24) is 15.2 Å². The molecule has 1 aromatic heterocycles. The molecule has 1 heterocycles. The zero-order chi connectivity index (χ0) is 16.2. The number of nitrogens with zero attached hydrogens (tertiary/aromatic N) is 2. The molecular formula is C18H23ClN4. The van der Waals surface area contributed by atoms with Gasteiger partial charge in [0.15, 0.2) is 5.96 Å². The summed E-state index contributed by atoms with van der Waals surface area (Å²) in [6, 6.07) is 10.7. The predicted molar refractivity (Wildman–Crippen MR) is 96.0 cm³/mol. The maximum atomic E-state index is 6.08. The molecule has 122 valence electrons. The Balaban J connectivity index is 1.60. The van der Waals surface area contributed by atoms with Crippen molar-refractivity contribution in [3.63, 3.8) is 0 Å². The maximum Gasteiger partial charge on any atom is 0.191 e. The average Bonchev–Trinajstić information content (AvgIpc) is 3.17. The fourth-order valence-electron chi connectivity index (χ4n) is 2.78. The minimum atomic E-state index is 0.432. The second-order valence-corrected chi connectivity index (χ2v) is 6.46. The molecule has 2 N–H and O–H groups in total. The van der Waals surface area contributed by atoms with Gasteiger partial charge in [0.1, 0.15) is 0 Å². The molecule has 0 saturated heterocycles. The highest BCUT2D eigenvalue weighted by Crippen LogP contribution is 2.41. The third-order valence-corrected chi connectivity index (χ3v) is 4.28. The molecule has 2 atom stereocenters. The standard InChI is InChI=1S/C18H23ClN4/c1-3-20-18(21-11-13-7-8-23(2)12-13)22-17-10-16(17)14-5-4-6-15(19)9-14/h4-9,12,16-17H,3,10-11H2,1-2H3,(H2,20,21,22). The van der Waals surface area contributed by atoms with E-state index >= 15 is 0 Å². The van der Waals surface area contributed by atoms with Crippen LogP contribution < -0.4 is 10.6 Å². The highest BCUT2D eigenvalue weighted by Gasteiger charge is 2.39. The topological polar surface area (TPSA) is 41.4 Å². The number of benzene rings is 1. The smallest absolute Gasteiger partial charge is 0.191 e. The molecule has 2 aromatic rings. The number of nitrogens with one attached hydrogen (secondary N) is 2. The van der Waals surface area contributed by atoms with Gasteiger partial charge in [0.25, 0.3) is 0 Å². The third kappa shape index (κ3) is 4.29. The quantitative estimate of drug-likeness (QED) is 0.652. The van der Waals surface area contributed by atoms with E-state index < -0.39 is 0 Å². The van der Waals surface area contributed by atoms with Crippen LogP contribution in [0.25, 0.3) is 0 Å². The van der Waals surface area contributed by atoms with Crippen molar-refractivity contribution in [3.05, 3.63) is 58.9 Å². The average molecular weight is 331 g/mol. The van der Waals surface area contributed by atoms with E-state index in [4.69, 9.17) is 11.6 Å². The molecule has 2 unspecified atom stereocenters. The fraction of sp³-hybridized carbons (Fsp3) is 0.389. The number of aromatic nitrogens is 1. The van der Waals surface area contributed by atoms with Gasteiger partial charge in [-0.15, -0.1) is 0 Å². The maximum absolute atomic E-state index is 6.08. The van der Waals surface area contributed by atoms with Crippen LogP contribution in [0.5, 0.6) is 0 Å². The van der Waals surface area contributed by atoms with Gasteiger partial charge >= 0.3 is 0 Å². The lowest BCUT2D eigenvalue weighted by molar-refractivity contribution is 0.794. The summed E-state index contributed by atoms with van der Waals surface area (Å²) >= 11 is 6.08.